The summed E-state index contributed by atoms with van der Waals surface area (Å²) < 4.78 is 5.76. The summed E-state index contributed by atoms with van der Waals surface area (Å²) in [6.45, 7) is 0.674. The lowest BCUT2D eigenvalue weighted by Crippen LogP contribution is -2.19. The molecule has 0 amide bonds. The zero-order chi connectivity index (χ0) is 13.5. The summed E-state index contributed by atoms with van der Waals surface area (Å²) in [4.78, 5) is 0. The zero-order valence-electron chi connectivity index (χ0n) is 11.2. The lowest BCUT2D eigenvalue weighted by molar-refractivity contribution is 0.481. The molecule has 2 rings (SSSR count). The highest BCUT2D eigenvalue weighted by Crippen LogP contribution is 2.23. The summed E-state index contributed by atoms with van der Waals surface area (Å²) in [6.07, 6.45) is 0.926. The molecule has 2 aromatic carbocycles. The van der Waals surface area contributed by atoms with E-state index in [0.717, 1.165) is 17.9 Å². The van der Waals surface area contributed by atoms with Gasteiger partial charge < -0.3 is 15.8 Å². The van der Waals surface area contributed by atoms with Crippen molar-refractivity contribution in [1.82, 2.24) is 5.32 Å². The van der Waals surface area contributed by atoms with Gasteiger partial charge in [-0.05, 0) is 49.8 Å². The summed E-state index contributed by atoms with van der Waals surface area (Å²) in [6, 6.07) is 18.2. The van der Waals surface area contributed by atoms with Crippen molar-refractivity contribution in [3.8, 4) is 11.5 Å². The first-order chi connectivity index (χ1) is 9.33. The second-order valence-electron chi connectivity index (χ2n) is 4.40. The Morgan fingerprint density at radius 1 is 1.00 bits per heavy atom. The van der Waals surface area contributed by atoms with E-state index in [2.05, 4.69) is 17.4 Å². The van der Waals surface area contributed by atoms with E-state index in [0.29, 0.717) is 12.6 Å². The number of hydrogen-bond donors (Lipinski definition) is 2. The normalized spacial score (nSPS) is 12.1. The smallest absolute Gasteiger partial charge is 0.127 e. The molecule has 0 aromatic heterocycles. The predicted octanol–water partition coefficient (Wildman–Crippen LogP) is 3.09. The van der Waals surface area contributed by atoms with Gasteiger partial charge in [0.15, 0.2) is 0 Å². The third-order valence-electron chi connectivity index (χ3n) is 3.07. The molecule has 0 aliphatic rings. The number of para-hydroxylation sites is 1. The highest BCUT2D eigenvalue weighted by atomic mass is 16.5. The van der Waals surface area contributed by atoms with Crippen molar-refractivity contribution >= 4 is 0 Å². The fraction of sp³-hybridized carbons (Fsp3) is 0.250. The minimum Gasteiger partial charge on any atom is -0.457 e. The van der Waals surface area contributed by atoms with Crippen LogP contribution in [-0.2, 0) is 0 Å². The molecule has 3 heteroatoms. The molecule has 3 nitrogen and oxygen atoms in total. The van der Waals surface area contributed by atoms with E-state index in [9.17, 15) is 0 Å². The minimum atomic E-state index is 0.302. The van der Waals surface area contributed by atoms with Crippen LogP contribution in [0.25, 0.3) is 0 Å². The highest BCUT2D eigenvalue weighted by molar-refractivity contribution is 5.33. The van der Waals surface area contributed by atoms with Gasteiger partial charge in [0.25, 0.3) is 0 Å². The van der Waals surface area contributed by atoms with E-state index in [1.165, 1.54) is 5.56 Å². The molecular weight excluding hydrogens is 236 g/mol. The second kappa shape index (κ2) is 6.92. The molecule has 100 valence electrons. The molecule has 0 fully saturated rings. The number of ether oxygens (including phenoxy) is 1. The molecule has 2 aromatic rings. The molecule has 0 heterocycles. The third kappa shape index (κ3) is 3.81. The molecule has 0 aliphatic carbocycles. The summed E-state index contributed by atoms with van der Waals surface area (Å²) in [5.74, 6) is 1.69. The standard InChI is InChI=1S/C16H20N2O/c1-18-16(11-12-17)13-7-9-15(10-8-13)19-14-5-3-2-4-6-14/h2-10,16,18H,11-12,17H2,1H3. The first-order valence-corrected chi connectivity index (χ1v) is 6.53. The number of nitrogens with one attached hydrogen (secondary N) is 1. The van der Waals surface area contributed by atoms with Gasteiger partial charge in [0.05, 0.1) is 0 Å². The molecule has 1 atom stereocenters. The molecule has 1 unspecified atom stereocenters. The maximum absolute atomic E-state index is 5.76. The SMILES string of the molecule is CNC(CCN)c1ccc(Oc2ccccc2)cc1. The van der Waals surface area contributed by atoms with Gasteiger partial charge in [-0.1, -0.05) is 30.3 Å². The van der Waals surface area contributed by atoms with E-state index in [1.54, 1.807) is 0 Å². The Labute approximate surface area is 114 Å². The van der Waals surface area contributed by atoms with Crippen LogP contribution in [0, 0.1) is 0 Å². The van der Waals surface area contributed by atoms with Crippen LogP contribution in [0.15, 0.2) is 54.6 Å². The zero-order valence-corrected chi connectivity index (χ0v) is 11.2. The lowest BCUT2D eigenvalue weighted by atomic mass is 10.0. The van der Waals surface area contributed by atoms with Crippen molar-refractivity contribution in [3.05, 3.63) is 60.2 Å². The maximum atomic E-state index is 5.76. The van der Waals surface area contributed by atoms with Crippen LogP contribution in [-0.4, -0.2) is 13.6 Å². The van der Waals surface area contributed by atoms with Gasteiger partial charge in [0.1, 0.15) is 11.5 Å². The van der Waals surface area contributed by atoms with Gasteiger partial charge in [0.2, 0.25) is 0 Å². The quantitative estimate of drug-likeness (QED) is 0.835. The van der Waals surface area contributed by atoms with Crippen LogP contribution in [0.1, 0.15) is 18.0 Å². The summed E-state index contributed by atoms with van der Waals surface area (Å²) in [5.41, 5.74) is 6.84. The molecular formula is C16H20N2O. The van der Waals surface area contributed by atoms with Crippen LogP contribution < -0.4 is 15.8 Å². The Bertz CT molecular complexity index is 482. The largest absolute Gasteiger partial charge is 0.457 e. The number of rotatable bonds is 6. The van der Waals surface area contributed by atoms with Crippen LogP contribution in [0.3, 0.4) is 0 Å². The van der Waals surface area contributed by atoms with Gasteiger partial charge in [-0.2, -0.15) is 0 Å². The van der Waals surface area contributed by atoms with Crippen molar-refractivity contribution < 1.29 is 4.74 Å². The fourth-order valence-electron chi connectivity index (χ4n) is 2.04. The third-order valence-corrected chi connectivity index (χ3v) is 3.07. The van der Waals surface area contributed by atoms with Crippen molar-refractivity contribution in [3.63, 3.8) is 0 Å². The molecule has 0 radical (unpaired) electrons. The molecule has 0 saturated carbocycles. The molecule has 0 saturated heterocycles. The molecule has 19 heavy (non-hydrogen) atoms. The van der Waals surface area contributed by atoms with E-state index >= 15 is 0 Å². The molecule has 0 bridgehead atoms. The maximum Gasteiger partial charge on any atom is 0.127 e. The van der Waals surface area contributed by atoms with Crippen LogP contribution in [0.5, 0.6) is 11.5 Å². The first kappa shape index (κ1) is 13.6. The van der Waals surface area contributed by atoms with Gasteiger partial charge in [0, 0.05) is 6.04 Å². The topological polar surface area (TPSA) is 47.3 Å². The molecule has 0 spiro atoms. The van der Waals surface area contributed by atoms with E-state index in [-0.39, 0.29) is 0 Å². The molecule has 0 aliphatic heterocycles. The van der Waals surface area contributed by atoms with E-state index in [1.807, 2.05) is 49.5 Å². The Balaban J connectivity index is 2.06. The Hall–Kier alpha value is -1.84. The van der Waals surface area contributed by atoms with Crippen LogP contribution in [0.4, 0.5) is 0 Å². The Morgan fingerprint density at radius 2 is 1.63 bits per heavy atom. The average Bonchev–Trinajstić information content (AvgIpc) is 2.47. The second-order valence-corrected chi connectivity index (χ2v) is 4.40. The summed E-state index contributed by atoms with van der Waals surface area (Å²) >= 11 is 0. The summed E-state index contributed by atoms with van der Waals surface area (Å²) in [7, 11) is 1.95. The monoisotopic (exact) mass is 256 g/mol. The van der Waals surface area contributed by atoms with Gasteiger partial charge in [-0.15, -0.1) is 0 Å². The minimum absolute atomic E-state index is 0.302. The number of benzene rings is 2. The van der Waals surface area contributed by atoms with Gasteiger partial charge in [-0.3, -0.25) is 0 Å². The van der Waals surface area contributed by atoms with Crippen molar-refractivity contribution in [2.45, 2.75) is 12.5 Å². The van der Waals surface area contributed by atoms with E-state index in [4.69, 9.17) is 10.5 Å². The highest BCUT2D eigenvalue weighted by Gasteiger charge is 2.07. The van der Waals surface area contributed by atoms with Gasteiger partial charge in [-0.25, -0.2) is 0 Å². The fourth-order valence-corrected chi connectivity index (χ4v) is 2.04. The first-order valence-electron chi connectivity index (χ1n) is 6.53. The predicted molar refractivity (Wildman–Crippen MR) is 78.4 cm³/mol. The van der Waals surface area contributed by atoms with Crippen molar-refractivity contribution in [1.29, 1.82) is 0 Å². The van der Waals surface area contributed by atoms with Crippen LogP contribution >= 0.6 is 0 Å². The average molecular weight is 256 g/mol. The lowest BCUT2D eigenvalue weighted by Gasteiger charge is -2.16. The Morgan fingerprint density at radius 3 is 2.21 bits per heavy atom. The van der Waals surface area contributed by atoms with Crippen LogP contribution in [0.2, 0.25) is 0 Å². The Kier molecular flexibility index (Phi) is 4.95. The number of hydrogen-bond acceptors (Lipinski definition) is 3. The van der Waals surface area contributed by atoms with Crippen molar-refractivity contribution in [2.24, 2.45) is 5.73 Å². The molecule has 3 N–H and O–H groups in total. The summed E-state index contributed by atoms with van der Waals surface area (Å²) in [5, 5.41) is 3.27. The van der Waals surface area contributed by atoms with Crippen molar-refractivity contribution in [2.75, 3.05) is 13.6 Å². The number of nitrogens with two attached hydrogens (primary N) is 1. The van der Waals surface area contributed by atoms with Gasteiger partial charge >= 0.3 is 0 Å². The van der Waals surface area contributed by atoms with E-state index < -0.39 is 0 Å².